The summed E-state index contributed by atoms with van der Waals surface area (Å²) < 4.78 is 10.9. The van der Waals surface area contributed by atoms with Gasteiger partial charge in [-0.1, -0.05) is 49.0 Å². The first-order valence-electron chi connectivity index (χ1n) is 9.39. The van der Waals surface area contributed by atoms with Crippen molar-refractivity contribution in [3.8, 4) is 11.5 Å². The predicted octanol–water partition coefficient (Wildman–Crippen LogP) is 3.98. The number of amides is 1. The molecule has 0 spiro atoms. The molecule has 1 aliphatic heterocycles. The van der Waals surface area contributed by atoms with Crippen molar-refractivity contribution in [3.63, 3.8) is 0 Å². The minimum absolute atomic E-state index is 0.0237. The summed E-state index contributed by atoms with van der Waals surface area (Å²) in [7, 11) is 0. The molecule has 144 valence electrons. The summed E-state index contributed by atoms with van der Waals surface area (Å²) in [6.07, 6.45) is 1.69. The van der Waals surface area contributed by atoms with Gasteiger partial charge in [-0.3, -0.25) is 4.79 Å². The summed E-state index contributed by atoms with van der Waals surface area (Å²) in [4.78, 5) is 17.0. The van der Waals surface area contributed by atoms with Crippen LogP contribution < -0.4 is 14.8 Å². The van der Waals surface area contributed by atoms with Gasteiger partial charge in [-0.25, -0.2) is 4.98 Å². The fourth-order valence-electron chi connectivity index (χ4n) is 3.14. The van der Waals surface area contributed by atoms with E-state index in [1.807, 2.05) is 30.3 Å². The average molecular weight is 394 g/mol. The largest absolute Gasteiger partial charge is 0.454 e. The summed E-state index contributed by atoms with van der Waals surface area (Å²) in [5.74, 6) is 1.86. The normalized spacial score (nSPS) is 12.3. The number of benzene rings is 2. The Morgan fingerprint density at radius 2 is 1.93 bits per heavy atom. The first-order chi connectivity index (χ1) is 13.7. The molecule has 4 rings (SSSR count). The van der Waals surface area contributed by atoms with Crippen LogP contribution in [-0.2, 0) is 17.6 Å². The number of fused-ring (bicyclic) bond motifs is 2. The second-order valence-electron chi connectivity index (χ2n) is 6.58. The van der Waals surface area contributed by atoms with Crippen LogP contribution in [0.25, 0.3) is 10.9 Å². The molecule has 0 atom stereocenters. The highest BCUT2D eigenvalue weighted by atomic mass is 32.2. The molecule has 3 aromatic rings. The van der Waals surface area contributed by atoms with Crippen LogP contribution >= 0.6 is 11.8 Å². The van der Waals surface area contributed by atoms with Gasteiger partial charge in [-0.2, -0.15) is 0 Å². The van der Waals surface area contributed by atoms with E-state index < -0.39 is 0 Å². The second kappa shape index (κ2) is 8.52. The summed E-state index contributed by atoms with van der Waals surface area (Å²) in [5.41, 5.74) is 3.21. The van der Waals surface area contributed by atoms with Gasteiger partial charge >= 0.3 is 0 Å². The molecule has 28 heavy (non-hydrogen) atoms. The number of hydrogen-bond acceptors (Lipinski definition) is 5. The molecule has 0 fully saturated rings. The summed E-state index contributed by atoms with van der Waals surface area (Å²) in [6.45, 7) is 2.98. The van der Waals surface area contributed by atoms with E-state index in [2.05, 4.69) is 30.4 Å². The van der Waals surface area contributed by atoms with Crippen LogP contribution in [0.4, 0.5) is 0 Å². The minimum atomic E-state index is 0.0237. The Morgan fingerprint density at radius 1 is 1.14 bits per heavy atom. The van der Waals surface area contributed by atoms with Crippen molar-refractivity contribution in [2.24, 2.45) is 0 Å². The van der Waals surface area contributed by atoms with E-state index >= 15 is 0 Å². The number of carbonyl (C=O) groups is 1. The molecule has 2 heterocycles. The van der Waals surface area contributed by atoms with Gasteiger partial charge < -0.3 is 14.8 Å². The number of rotatable bonds is 7. The molecule has 0 saturated heterocycles. The Kier molecular flexibility index (Phi) is 5.67. The lowest BCUT2D eigenvalue weighted by Crippen LogP contribution is -2.27. The molecule has 1 N–H and O–H groups in total. The maximum absolute atomic E-state index is 12.2. The van der Waals surface area contributed by atoms with Crippen molar-refractivity contribution in [1.82, 2.24) is 10.3 Å². The SMILES string of the molecule is CCc1cc2cc3c(cc2nc1SCC(=O)NCCc1ccccc1)OCO3. The highest BCUT2D eigenvalue weighted by molar-refractivity contribution is 7.99. The lowest BCUT2D eigenvalue weighted by molar-refractivity contribution is -0.118. The van der Waals surface area contributed by atoms with Crippen LogP contribution in [0.3, 0.4) is 0 Å². The van der Waals surface area contributed by atoms with Gasteiger partial charge in [-0.15, -0.1) is 0 Å². The average Bonchev–Trinajstić information content (AvgIpc) is 3.17. The van der Waals surface area contributed by atoms with Gasteiger partial charge in [0.25, 0.3) is 0 Å². The molecule has 1 aromatic heterocycles. The lowest BCUT2D eigenvalue weighted by Gasteiger charge is -2.10. The van der Waals surface area contributed by atoms with Gasteiger partial charge in [0, 0.05) is 18.0 Å². The third kappa shape index (κ3) is 4.22. The Hall–Kier alpha value is -2.73. The number of carbonyl (C=O) groups excluding carboxylic acids is 1. The zero-order valence-electron chi connectivity index (χ0n) is 15.7. The summed E-state index contributed by atoms with van der Waals surface area (Å²) in [5, 5.41) is 4.91. The third-order valence-corrected chi connectivity index (χ3v) is 5.68. The number of pyridine rings is 1. The molecule has 0 saturated carbocycles. The maximum Gasteiger partial charge on any atom is 0.231 e. The number of nitrogens with zero attached hydrogens (tertiary/aromatic N) is 1. The quantitative estimate of drug-likeness (QED) is 0.614. The Balaban J connectivity index is 1.39. The van der Waals surface area contributed by atoms with Crippen molar-refractivity contribution >= 4 is 28.6 Å². The van der Waals surface area contributed by atoms with Crippen LogP contribution in [0.1, 0.15) is 18.1 Å². The topological polar surface area (TPSA) is 60.5 Å². The van der Waals surface area contributed by atoms with Gasteiger partial charge in [0.05, 0.1) is 11.3 Å². The number of hydrogen-bond donors (Lipinski definition) is 1. The number of aromatic nitrogens is 1. The zero-order valence-corrected chi connectivity index (χ0v) is 16.6. The van der Waals surface area contributed by atoms with E-state index in [9.17, 15) is 4.79 Å². The molecular formula is C22H22N2O3S. The predicted molar refractivity (Wildman–Crippen MR) is 111 cm³/mol. The second-order valence-corrected chi connectivity index (χ2v) is 7.54. The molecule has 0 radical (unpaired) electrons. The molecule has 2 aromatic carbocycles. The van der Waals surface area contributed by atoms with Crippen molar-refractivity contribution in [1.29, 1.82) is 0 Å². The van der Waals surface area contributed by atoms with E-state index in [0.717, 1.165) is 45.8 Å². The van der Waals surface area contributed by atoms with Crippen LogP contribution in [0.15, 0.2) is 53.6 Å². The lowest BCUT2D eigenvalue weighted by atomic mass is 10.1. The minimum Gasteiger partial charge on any atom is -0.454 e. The Labute approximate surface area is 168 Å². The van der Waals surface area contributed by atoms with Crippen LogP contribution in [-0.4, -0.2) is 30.0 Å². The Bertz CT molecular complexity index is 992. The van der Waals surface area contributed by atoms with Crippen molar-refractivity contribution in [2.75, 3.05) is 19.1 Å². The van der Waals surface area contributed by atoms with E-state index in [0.29, 0.717) is 12.3 Å². The monoisotopic (exact) mass is 394 g/mol. The zero-order chi connectivity index (χ0) is 19.3. The highest BCUT2D eigenvalue weighted by Crippen LogP contribution is 2.37. The van der Waals surface area contributed by atoms with E-state index in [1.54, 1.807) is 0 Å². The molecule has 1 aliphatic rings. The van der Waals surface area contributed by atoms with Crippen molar-refractivity contribution in [2.45, 2.75) is 24.8 Å². The number of ether oxygens (including phenoxy) is 2. The standard InChI is InChI=1S/C22H22N2O3S/c1-2-16-10-17-11-19-20(27-14-26-19)12-18(17)24-22(16)28-13-21(25)23-9-8-15-6-4-3-5-7-15/h3-7,10-12H,2,8-9,13-14H2,1H3,(H,23,25). The summed E-state index contributed by atoms with van der Waals surface area (Å²) >= 11 is 1.48. The fraction of sp³-hybridized carbons (Fsp3) is 0.273. The van der Waals surface area contributed by atoms with Crippen LogP contribution in [0, 0.1) is 0 Å². The smallest absolute Gasteiger partial charge is 0.231 e. The molecule has 0 aliphatic carbocycles. The summed E-state index contributed by atoms with van der Waals surface area (Å²) in [6, 6.07) is 16.1. The van der Waals surface area contributed by atoms with Crippen molar-refractivity contribution < 1.29 is 14.3 Å². The molecule has 5 nitrogen and oxygen atoms in total. The highest BCUT2D eigenvalue weighted by Gasteiger charge is 2.16. The van der Waals surface area contributed by atoms with E-state index in [4.69, 9.17) is 14.5 Å². The molecule has 0 bridgehead atoms. The third-order valence-electron chi connectivity index (χ3n) is 4.65. The van der Waals surface area contributed by atoms with E-state index in [-0.39, 0.29) is 12.7 Å². The fourth-order valence-corrected chi connectivity index (χ4v) is 4.07. The van der Waals surface area contributed by atoms with Gasteiger partial charge in [-0.05, 0) is 36.1 Å². The number of thioether (sulfide) groups is 1. The first kappa shape index (κ1) is 18.6. The van der Waals surface area contributed by atoms with Gasteiger partial charge in [0.1, 0.15) is 5.03 Å². The Morgan fingerprint density at radius 3 is 2.71 bits per heavy atom. The van der Waals surface area contributed by atoms with Gasteiger partial charge in [0.2, 0.25) is 12.7 Å². The molecule has 1 amide bonds. The number of nitrogens with one attached hydrogen (secondary N) is 1. The molecule has 6 heteroatoms. The number of aryl methyl sites for hydroxylation is 1. The molecule has 0 unspecified atom stereocenters. The van der Waals surface area contributed by atoms with Gasteiger partial charge in [0.15, 0.2) is 11.5 Å². The van der Waals surface area contributed by atoms with E-state index in [1.165, 1.54) is 17.3 Å². The van der Waals surface area contributed by atoms with Crippen molar-refractivity contribution in [3.05, 3.63) is 59.7 Å². The van der Waals surface area contributed by atoms with Crippen LogP contribution in [0.2, 0.25) is 0 Å². The maximum atomic E-state index is 12.2. The van der Waals surface area contributed by atoms with Crippen LogP contribution in [0.5, 0.6) is 11.5 Å². The molecular weight excluding hydrogens is 372 g/mol. The first-order valence-corrected chi connectivity index (χ1v) is 10.4.